The molecule has 0 bridgehead atoms. The number of ether oxygens (including phenoxy) is 2. The Morgan fingerprint density at radius 3 is 2.83 bits per heavy atom. The molecule has 3 rings (SSSR count). The first-order valence-corrected chi connectivity index (χ1v) is 8.29. The third-order valence-electron chi connectivity index (χ3n) is 3.22. The molecule has 6 nitrogen and oxygen atoms in total. The van der Waals surface area contributed by atoms with Gasteiger partial charge in [-0.05, 0) is 18.2 Å². The number of imidazole rings is 1. The van der Waals surface area contributed by atoms with E-state index in [2.05, 4.69) is 4.98 Å². The van der Waals surface area contributed by atoms with Crippen molar-refractivity contribution < 1.29 is 19.1 Å². The number of halogens is 2. The van der Waals surface area contributed by atoms with Crippen LogP contribution in [0.5, 0.6) is 5.75 Å². The monoisotopic (exact) mass is 384 g/mol. The number of carbonyl (C=O) groups is 2. The van der Waals surface area contributed by atoms with Crippen molar-refractivity contribution in [1.29, 1.82) is 0 Å². The van der Waals surface area contributed by atoms with Crippen LogP contribution in [0.1, 0.15) is 20.8 Å². The summed E-state index contributed by atoms with van der Waals surface area (Å²) in [4.78, 5) is 28.9. The molecule has 0 N–H and O–H groups in total. The lowest BCUT2D eigenvalue weighted by Crippen LogP contribution is -2.15. The molecule has 124 valence electrons. The number of esters is 1. The molecule has 0 aliphatic carbocycles. The van der Waals surface area contributed by atoms with Crippen molar-refractivity contribution in [2.75, 3.05) is 13.7 Å². The summed E-state index contributed by atoms with van der Waals surface area (Å²) < 4.78 is 11.6. The van der Waals surface area contributed by atoms with Gasteiger partial charge in [-0.1, -0.05) is 23.2 Å². The minimum atomic E-state index is -0.723. The van der Waals surface area contributed by atoms with E-state index in [9.17, 15) is 9.59 Å². The summed E-state index contributed by atoms with van der Waals surface area (Å²) in [6.45, 7) is -0.435. The number of fused-ring (bicyclic) bond motifs is 1. The van der Waals surface area contributed by atoms with Gasteiger partial charge in [0, 0.05) is 17.1 Å². The predicted octanol–water partition coefficient (Wildman–Crippen LogP) is 3.75. The fourth-order valence-corrected chi connectivity index (χ4v) is 3.33. The average Bonchev–Trinajstić information content (AvgIpc) is 3.12. The maximum absolute atomic E-state index is 12.2. The number of methoxy groups -OCH3 is 1. The lowest BCUT2D eigenvalue weighted by molar-refractivity contribution is 0.0468. The van der Waals surface area contributed by atoms with Crippen LogP contribution in [-0.2, 0) is 4.74 Å². The third-order valence-corrected chi connectivity index (χ3v) is 4.54. The number of ketones is 1. The molecule has 0 radical (unpaired) electrons. The Labute approximate surface area is 150 Å². The molecule has 0 saturated heterocycles. The normalized spacial score (nSPS) is 10.8. The van der Waals surface area contributed by atoms with E-state index >= 15 is 0 Å². The number of nitrogens with zero attached hydrogens (tertiary/aromatic N) is 2. The summed E-state index contributed by atoms with van der Waals surface area (Å²) in [6.07, 6.45) is 1.65. The van der Waals surface area contributed by atoms with Crippen LogP contribution in [-0.4, -0.2) is 34.9 Å². The van der Waals surface area contributed by atoms with Gasteiger partial charge in [-0.2, -0.15) is 0 Å². The number of Topliss-reactive ketones (excluding diaryl/α,β-unsaturated/α-hetero) is 1. The van der Waals surface area contributed by atoms with Gasteiger partial charge in [-0.3, -0.25) is 9.20 Å². The molecule has 0 aliphatic heterocycles. The van der Waals surface area contributed by atoms with E-state index in [1.54, 1.807) is 23.7 Å². The van der Waals surface area contributed by atoms with Gasteiger partial charge in [0.05, 0.1) is 12.1 Å². The molecule has 0 unspecified atom stereocenters. The average molecular weight is 385 g/mol. The second-order valence-corrected chi connectivity index (χ2v) is 6.29. The van der Waals surface area contributed by atoms with Crippen molar-refractivity contribution in [1.82, 2.24) is 9.38 Å². The largest absolute Gasteiger partial charge is 0.495 e. The first-order valence-electron chi connectivity index (χ1n) is 6.66. The summed E-state index contributed by atoms with van der Waals surface area (Å²) in [6, 6.07) is 4.57. The van der Waals surface area contributed by atoms with Crippen LogP contribution in [0.4, 0.5) is 0 Å². The summed E-state index contributed by atoms with van der Waals surface area (Å²) in [7, 11) is 1.48. The van der Waals surface area contributed by atoms with Crippen LogP contribution in [0.3, 0.4) is 0 Å². The first kappa shape index (κ1) is 16.8. The third kappa shape index (κ3) is 3.10. The molecular weight excluding hydrogens is 375 g/mol. The van der Waals surface area contributed by atoms with E-state index in [0.717, 1.165) is 0 Å². The van der Waals surface area contributed by atoms with Crippen LogP contribution in [0.2, 0.25) is 10.2 Å². The molecule has 0 spiro atoms. The van der Waals surface area contributed by atoms with E-state index in [4.69, 9.17) is 32.7 Å². The van der Waals surface area contributed by atoms with Crippen molar-refractivity contribution >= 4 is 51.3 Å². The summed E-state index contributed by atoms with van der Waals surface area (Å²) in [5, 5.41) is 2.10. The van der Waals surface area contributed by atoms with Crippen molar-refractivity contribution in [2.45, 2.75) is 0 Å². The quantitative estimate of drug-likeness (QED) is 0.494. The molecule has 9 heteroatoms. The molecule has 0 saturated carbocycles. The Morgan fingerprint density at radius 1 is 1.33 bits per heavy atom. The molecule has 24 heavy (non-hydrogen) atoms. The zero-order valence-corrected chi connectivity index (χ0v) is 14.6. The Balaban J connectivity index is 1.72. The highest BCUT2D eigenvalue weighted by Gasteiger charge is 2.21. The lowest BCUT2D eigenvalue weighted by Gasteiger charge is -2.06. The van der Waals surface area contributed by atoms with Crippen LogP contribution in [0, 0.1) is 0 Å². The Morgan fingerprint density at radius 2 is 2.12 bits per heavy atom. The standard InChI is InChI=1S/C15H10Cl2N2O4S/c1-22-11-3-2-8(6-9(11)16)10(20)7-23-14(21)12-13(17)18-15-19(12)4-5-24-15/h2-6H,7H2,1H3. The number of hydrogen-bond acceptors (Lipinski definition) is 6. The smallest absolute Gasteiger partial charge is 0.359 e. The molecule has 2 aromatic heterocycles. The van der Waals surface area contributed by atoms with E-state index in [1.165, 1.54) is 28.9 Å². The molecule has 3 aromatic rings. The lowest BCUT2D eigenvalue weighted by atomic mass is 10.1. The fraction of sp³-hybridized carbons (Fsp3) is 0.133. The van der Waals surface area contributed by atoms with E-state index < -0.39 is 18.4 Å². The Hall–Kier alpha value is -2.09. The van der Waals surface area contributed by atoms with E-state index in [1.807, 2.05) is 0 Å². The molecule has 0 amide bonds. The second-order valence-electron chi connectivity index (χ2n) is 4.66. The van der Waals surface area contributed by atoms with Crippen LogP contribution >= 0.6 is 34.5 Å². The van der Waals surface area contributed by atoms with Crippen LogP contribution in [0.15, 0.2) is 29.8 Å². The summed E-state index contributed by atoms with van der Waals surface area (Å²) in [5.74, 6) is -0.662. The molecule has 1 aromatic carbocycles. The van der Waals surface area contributed by atoms with Gasteiger partial charge >= 0.3 is 5.97 Å². The van der Waals surface area contributed by atoms with E-state index in [-0.39, 0.29) is 10.8 Å². The highest BCUT2D eigenvalue weighted by Crippen LogP contribution is 2.25. The Bertz CT molecular complexity index is 935. The number of benzene rings is 1. The SMILES string of the molecule is COc1ccc(C(=O)COC(=O)c2c(Cl)nc3sccn23)cc1Cl. The van der Waals surface area contributed by atoms with Gasteiger partial charge < -0.3 is 9.47 Å². The van der Waals surface area contributed by atoms with Crippen molar-refractivity contribution in [3.05, 3.63) is 51.2 Å². The van der Waals surface area contributed by atoms with E-state index in [0.29, 0.717) is 21.3 Å². The van der Waals surface area contributed by atoms with Gasteiger partial charge in [-0.25, -0.2) is 9.78 Å². The van der Waals surface area contributed by atoms with Crippen molar-refractivity contribution in [2.24, 2.45) is 0 Å². The maximum Gasteiger partial charge on any atom is 0.359 e. The first-order chi connectivity index (χ1) is 11.5. The minimum absolute atomic E-state index is 0.0341. The number of rotatable bonds is 5. The number of hydrogen-bond donors (Lipinski definition) is 0. The molecule has 0 atom stereocenters. The van der Waals surface area contributed by atoms with Gasteiger partial charge in [0.15, 0.2) is 28.2 Å². The molecular formula is C15H10Cl2N2O4S. The van der Waals surface area contributed by atoms with Gasteiger partial charge in [-0.15, -0.1) is 11.3 Å². The zero-order chi connectivity index (χ0) is 17.3. The predicted molar refractivity (Wildman–Crippen MR) is 90.7 cm³/mol. The molecule has 0 fully saturated rings. The fourth-order valence-electron chi connectivity index (χ4n) is 2.06. The number of thiazole rings is 1. The van der Waals surface area contributed by atoms with Crippen LogP contribution < -0.4 is 4.74 Å². The zero-order valence-electron chi connectivity index (χ0n) is 12.3. The summed E-state index contributed by atoms with van der Waals surface area (Å²) >= 11 is 13.3. The number of aromatic nitrogens is 2. The van der Waals surface area contributed by atoms with Crippen LogP contribution in [0.25, 0.3) is 4.96 Å². The minimum Gasteiger partial charge on any atom is -0.495 e. The molecule has 0 aliphatic rings. The Kier molecular flexibility index (Phi) is 4.75. The second kappa shape index (κ2) is 6.80. The highest BCUT2D eigenvalue weighted by atomic mass is 35.5. The topological polar surface area (TPSA) is 69.9 Å². The van der Waals surface area contributed by atoms with Gasteiger partial charge in [0.2, 0.25) is 0 Å². The van der Waals surface area contributed by atoms with Gasteiger partial charge in [0.25, 0.3) is 0 Å². The maximum atomic E-state index is 12.2. The van der Waals surface area contributed by atoms with Crippen molar-refractivity contribution in [3.8, 4) is 5.75 Å². The molecule has 2 heterocycles. The van der Waals surface area contributed by atoms with Crippen molar-refractivity contribution in [3.63, 3.8) is 0 Å². The highest BCUT2D eigenvalue weighted by molar-refractivity contribution is 7.15. The summed E-state index contributed by atoms with van der Waals surface area (Å²) in [5.41, 5.74) is 0.405. The van der Waals surface area contributed by atoms with Gasteiger partial charge in [0.1, 0.15) is 5.75 Å². The number of carbonyl (C=O) groups excluding carboxylic acids is 2.